The van der Waals surface area contributed by atoms with E-state index in [9.17, 15) is 14.4 Å². The molecular formula is C15H13BrO6. The monoisotopic (exact) mass is 368 g/mol. The van der Waals surface area contributed by atoms with Crippen molar-refractivity contribution in [1.82, 2.24) is 0 Å². The summed E-state index contributed by atoms with van der Waals surface area (Å²) in [5.41, 5.74) is 0.0814. The van der Waals surface area contributed by atoms with E-state index in [1.165, 1.54) is 20.3 Å². The Bertz CT molecular complexity index is 779. The minimum absolute atomic E-state index is 0.228. The van der Waals surface area contributed by atoms with Crippen molar-refractivity contribution < 1.29 is 23.5 Å². The van der Waals surface area contributed by atoms with Crippen LogP contribution in [0.15, 0.2) is 37.9 Å². The topological polar surface area (TPSA) is 82.8 Å². The number of hydrogen-bond donors (Lipinski definition) is 0. The number of carbonyl (C=O) groups excluding carboxylic acids is 2. The van der Waals surface area contributed by atoms with Gasteiger partial charge in [-0.05, 0) is 23.8 Å². The van der Waals surface area contributed by atoms with Crippen LogP contribution in [0.5, 0.6) is 0 Å². The molecule has 0 radical (unpaired) electrons. The van der Waals surface area contributed by atoms with Crippen molar-refractivity contribution in [2.75, 3.05) is 14.2 Å². The third-order valence-corrected chi connectivity index (χ3v) is 3.69. The largest absolute Gasteiger partial charge is 0.469 e. The van der Waals surface area contributed by atoms with Crippen molar-refractivity contribution in [3.63, 3.8) is 0 Å². The van der Waals surface area contributed by atoms with Crippen LogP contribution in [-0.2, 0) is 19.1 Å². The number of ether oxygens (including phenoxy) is 2. The molecule has 1 atom stereocenters. The van der Waals surface area contributed by atoms with Crippen LogP contribution in [0.3, 0.4) is 0 Å². The Morgan fingerprint density at radius 1 is 1.23 bits per heavy atom. The standard InChI is InChI=1S/C15H13BrO6/c1-20-13(17)7-11(15(19)21-2)9-6-14(18)22-12-4-3-8(16)5-10(9)12/h3-6,11H,7H2,1-2H3. The van der Waals surface area contributed by atoms with Gasteiger partial charge in [0.15, 0.2) is 0 Å². The van der Waals surface area contributed by atoms with Gasteiger partial charge in [0.2, 0.25) is 0 Å². The molecule has 1 unspecified atom stereocenters. The number of halogens is 1. The zero-order valence-corrected chi connectivity index (χ0v) is 13.5. The third-order valence-electron chi connectivity index (χ3n) is 3.20. The van der Waals surface area contributed by atoms with Gasteiger partial charge in [-0.25, -0.2) is 4.79 Å². The molecule has 0 aliphatic heterocycles. The quantitative estimate of drug-likeness (QED) is 0.608. The second kappa shape index (κ2) is 6.74. The second-order valence-corrected chi connectivity index (χ2v) is 5.43. The zero-order valence-electron chi connectivity index (χ0n) is 11.9. The molecule has 22 heavy (non-hydrogen) atoms. The average molecular weight is 369 g/mol. The Morgan fingerprint density at radius 2 is 1.95 bits per heavy atom. The van der Waals surface area contributed by atoms with Crippen molar-refractivity contribution >= 4 is 38.8 Å². The number of rotatable bonds is 4. The molecular weight excluding hydrogens is 356 g/mol. The highest BCUT2D eigenvalue weighted by Gasteiger charge is 2.28. The smallest absolute Gasteiger partial charge is 0.336 e. The molecule has 2 aromatic rings. The van der Waals surface area contributed by atoms with Crippen LogP contribution in [0.2, 0.25) is 0 Å². The average Bonchev–Trinajstić information content (AvgIpc) is 2.51. The molecule has 0 saturated carbocycles. The predicted molar refractivity (Wildman–Crippen MR) is 81.6 cm³/mol. The molecule has 0 N–H and O–H groups in total. The molecule has 7 heteroatoms. The second-order valence-electron chi connectivity index (χ2n) is 4.52. The molecule has 1 heterocycles. The Balaban J connectivity index is 2.66. The van der Waals surface area contributed by atoms with E-state index >= 15 is 0 Å². The third kappa shape index (κ3) is 3.36. The van der Waals surface area contributed by atoms with E-state index in [2.05, 4.69) is 20.7 Å². The van der Waals surface area contributed by atoms with Gasteiger partial charge in [-0.2, -0.15) is 0 Å². The summed E-state index contributed by atoms with van der Waals surface area (Å²) in [7, 11) is 2.45. The summed E-state index contributed by atoms with van der Waals surface area (Å²) >= 11 is 3.33. The Kier molecular flexibility index (Phi) is 4.97. The first-order valence-electron chi connectivity index (χ1n) is 6.34. The fraction of sp³-hybridized carbons (Fsp3) is 0.267. The SMILES string of the molecule is COC(=O)CC(C(=O)OC)c1cc(=O)oc2ccc(Br)cc12. The van der Waals surface area contributed by atoms with Gasteiger partial charge in [0.1, 0.15) is 5.58 Å². The molecule has 116 valence electrons. The molecule has 0 fully saturated rings. The summed E-state index contributed by atoms with van der Waals surface area (Å²) in [6, 6.07) is 6.22. The van der Waals surface area contributed by atoms with Gasteiger partial charge in [-0.15, -0.1) is 0 Å². The zero-order chi connectivity index (χ0) is 16.3. The van der Waals surface area contributed by atoms with Gasteiger partial charge < -0.3 is 13.9 Å². The lowest BCUT2D eigenvalue weighted by atomic mass is 9.93. The molecule has 0 aliphatic rings. The lowest BCUT2D eigenvalue weighted by Crippen LogP contribution is -2.20. The van der Waals surface area contributed by atoms with Crippen molar-refractivity contribution in [3.8, 4) is 0 Å². The summed E-state index contributed by atoms with van der Waals surface area (Å²) in [6.07, 6.45) is -0.228. The summed E-state index contributed by atoms with van der Waals surface area (Å²) < 4.78 is 15.2. The normalized spacial score (nSPS) is 12.0. The molecule has 0 bridgehead atoms. The number of hydrogen-bond acceptors (Lipinski definition) is 6. The van der Waals surface area contributed by atoms with Gasteiger partial charge in [0.05, 0.1) is 26.6 Å². The van der Waals surface area contributed by atoms with Crippen molar-refractivity contribution in [3.05, 3.63) is 44.7 Å². The number of methoxy groups -OCH3 is 2. The lowest BCUT2D eigenvalue weighted by molar-refractivity contribution is -0.149. The van der Waals surface area contributed by atoms with Gasteiger partial charge in [-0.1, -0.05) is 15.9 Å². The molecule has 0 saturated heterocycles. The summed E-state index contributed by atoms with van der Waals surface area (Å²) in [5.74, 6) is -2.15. The molecule has 0 amide bonds. The highest BCUT2D eigenvalue weighted by molar-refractivity contribution is 9.10. The maximum atomic E-state index is 12.0. The van der Waals surface area contributed by atoms with E-state index < -0.39 is 23.5 Å². The van der Waals surface area contributed by atoms with Gasteiger partial charge in [0, 0.05) is 15.9 Å². The van der Waals surface area contributed by atoms with Gasteiger partial charge in [0.25, 0.3) is 0 Å². The summed E-state index contributed by atoms with van der Waals surface area (Å²) in [4.78, 5) is 35.3. The minimum Gasteiger partial charge on any atom is -0.469 e. The van der Waals surface area contributed by atoms with E-state index in [0.29, 0.717) is 16.5 Å². The first-order valence-corrected chi connectivity index (χ1v) is 7.13. The lowest BCUT2D eigenvalue weighted by Gasteiger charge is -2.15. The predicted octanol–water partition coefficient (Wildman–Crippen LogP) is 2.38. The number of benzene rings is 1. The highest BCUT2D eigenvalue weighted by Crippen LogP contribution is 2.30. The van der Waals surface area contributed by atoms with Crippen LogP contribution < -0.4 is 5.63 Å². The Hall–Kier alpha value is -2.15. The van der Waals surface area contributed by atoms with Crippen LogP contribution in [-0.4, -0.2) is 26.2 Å². The van der Waals surface area contributed by atoms with Crippen LogP contribution in [0, 0.1) is 0 Å². The fourth-order valence-corrected chi connectivity index (χ4v) is 2.52. The van der Waals surface area contributed by atoms with E-state index in [-0.39, 0.29) is 6.42 Å². The highest BCUT2D eigenvalue weighted by atomic mass is 79.9. The molecule has 2 rings (SSSR count). The van der Waals surface area contributed by atoms with Crippen LogP contribution in [0.1, 0.15) is 17.9 Å². The van der Waals surface area contributed by atoms with Crippen molar-refractivity contribution in [1.29, 1.82) is 0 Å². The number of esters is 2. The Morgan fingerprint density at radius 3 is 2.59 bits per heavy atom. The van der Waals surface area contributed by atoms with Crippen molar-refractivity contribution in [2.24, 2.45) is 0 Å². The van der Waals surface area contributed by atoms with Crippen LogP contribution in [0.25, 0.3) is 11.0 Å². The van der Waals surface area contributed by atoms with Crippen LogP contribution in [0.4, 0.5) is 0 Å². The number of carbonyl (C=O) groups is 2. The molecule has 0 spiro atoms. The van der Waals surface area contributed by atoms with Gasteiger partial charge >= 0.3 is 17.6 Å². The molecule has 1 aromatic carbocycles. The Labute approximate surface area is 134 Å². The first-order chi connectivity index (χ1) is 10.5. The van der Waals surface area contributed by atoms with Crippen LogP contribution >= 0.6 is 15.9 Å². The summed E-state index contributed by atoms with van der Waals surface area (Å²) in [6.45, 7) is 0. The molecule has 6 nitrogen and oxygen atoms in total. The van der Waals surface area contributed by atoms with E-state index in [1.807, 2.05) is 0 Å². The van der Waals surface area contributed by atoms with E-state index in [1.54, 1.807) is 18.2 Å². The van der Waals surface area contributed by atoms with E-state index in [0.717, 1.165) is 4.47 Å². The van der Waals surface area contributed by atoms with Crippen molar-refractivity contribution in [2.45, 2.75) is 12.3 Å². The fourth-order valence-electron chi connectivity index (χ4n) is 2.16. The van der Waals surface area contributed by atoms with E-state index in [4.69, 9.17) is 9.15 Å². The summed E-state index contributed by atoms with van der Waals surface area (Å²) in [5, 5.41) is 0.549. The maximum absolute atomic E-state index is 12.0. The number of fused-ring (bicyclic) bond motifs is 1. The molecule has 1 aromatic heterocycles. The maximum Gasteiger partial charge on any atom is 0.336 e. The minimum atomic E-state index is -0.946. The first kappa shape index (κ1) is 16.2. The van der Waals surface area contributed by atoms with Gasteiger partial charge in [-0.3, -0.25) is 9.59 Å². The molecule has 0 aliphatic carbocycles.